The van der Waals surface area contributed by atoms with E-state index in [-0.39, 0.29) is 0 Å². The highest BCUT2D eigenvalue weighted by atomic mass is 16.3. The molecule has 0 amide bonds. The Kier molecular flexibility index (Phi) is 2.66. The van der Waals surface area contributed by atoms with Crippen molar-refractivity contribution in [2.45, 2.75) is 31.7 Å². The van der Waals surface area contributed by atoms with E-state index in [9.17, 15) is 0 Å². The third kappa shape index (κ3) is 2.57. The van der Waals surface area contributed by atoms with E-state index in [2.05, 4.69) is 5.43 Å². The monoisotopic (exact) mass is 180 g/mol. The van der Waals surface area contributed by atoms with Crippen molar-refractivity contribution in [3.63, 3.8) is 0 Å². The summed E-state index contributed by atoms with van der Waals surface area (Å²) in [5.41, 5.74) is 4.10. The molecule has 0 radical (unpaired) electrons. The van der Waals surface area contributed by atoms with Gasteiger partial charge >= 0.3 is 0 Å². The molecule has 0 saturated heterocycles. The molecule has 1 saturated carbocycles. The highest BCUT2D eigenvalue weighted by Crippen LogP contribution is 2.33. The number of furan rings is 1. The smallest absolute Gasteiger partial charge is 0.0935 e. The third-order valence-corrected chi connectivity index (χ3v) is 2.61. The maximum Gasteiger partial charge on any atom is 0.0935 e. The van der Waals surface area contributed by atoms with Crippen LogP contribution in [0, 0.1) is 5.92 Å². The molecule has 1 fully saturated rings. The maximum atomic E-state index is 5.48. The summed E-state index contributed by atoms with van der Waals surface area (Å²) in [6, 6.07) is 2.40. The maximum absolute atomic E-state index is 5.48. The Labute approximate surface area is 78.3 Å². The van der Waals surface area contributed by atoms with E-state index >= 15 is 0 Å². The average molecular weight is 180 g/mol. The van der Waals surface area contributed by atoms with Gasteiger partial charge < -0.3 is 4.42 Å². The summed E-state index contributed by atoms with van der Waals surface area (Å²) in [7, 11) is 0. The van der Waals surface area contributed by atoms with Crippen LogP contribution >= 0.6 is 0 Å². The van der Waals surface area contributed by atoms with Gasteiger partial charge in [-0.05, 0) is 30.4 Å². The quantitative estimate of drug-likeness (QED) is 0.532. The van der Waals surface area contributed by atoms with Gasteiger partial charge in [0.2, 0.25) is 0 Å². The molecule has 1 atom stereocenters. The molecule has 1 heterocycles. The molecule has 3 N–H and O–H groups in total. The lowest BCUT2D eigenvalue weighted by atomic mass is 10.0. The van der Waals surface area contributed by atoms with Crippen LogP contribution in [-0.4, -0.2) is 6.04 Å². The summed E-state index contributed by atoms with van der Waals surface area (Å²) in [5.74, 6) is 6.39. The van der Waals surface area contributed by atoms with Crippen molar-refractivity contribution in [2.24, 2.45) is 11.8 Å². The number of rotatable bonds is 5. The van der Waals surface area contributed by atoms with Crippen molar-refractivity contribution in [1.82, 2.24) is 5.43 Å². The molecule has 72 valence electrons. The number of nitrogens with one attached hydrogen (secondary N) is 1. The van der Waals surface area contributed by atoms with Gasteiger partial charge in [-0.15, -0.1) is 0 Å². The van der Waals surface area contributed by atoms with Gasteiger partial charge in [0.15, 0.2) is 0 Å². The van der Waals surface area contributed by atoms with Crippen LogP contribution in [0.25, 0.3) is 0 Å². The van der Waals surface area contributed by atoms with Gasteiger partial charge in [0, 0.05) is 6.04 Å². The predicted molar refractivity (Wildman–Crippen MR) is 50.9 cm³/mol. The fourth-order valence-corrected chi connectivity index (χ4v) is 1.66. The Morgan fingerprint density at radius 3 is 3.00 bits per heavy atom. The minimum Gasteiger partial charge on any atom is -0.472 e. The van der Waals surface area contributed by atoms with Crippen LogP contribution < -0.4 is 11.3 Å². The van der Waals surface area contributed by atoms with Gasteiger partial charge in [0.1, 0.15) is 0 Å². The molecule has 0 bridgehead atoms. The summed E-state index contributed by atoms with van der Waals surface area (Å²) in [6.07, 6.45) is 8.43. The molecular weight excluding hydrogens is 164 g/mol. The zero-order valence-electron chi connectivity index (χ0n) is 7.70. The van der Waals surface area contributed by atoms with Crippen LogP contribution in [0.3, 0.4) is 0 Å². The summed E-state index contributed by atoms with van der Waals surface area (Å²) >= 11 is 0. The molecule has 13 heavy (non-hydrogen) atoms. The highest BCUT2D eigenvalue weighted by molar-refractivity contribution is 5.07. The van der Waals surface area contributed by atoms with Crippen molar-refractivity contribution in [1.29, 1.82) is 0 Å². The fraction of sp³-hybridized carbons (Fsp3) is 0.600. The minimum absolute atomic E-state index is 0.408. The SMILES string of the molecule is NNC(Cc1ccoc1)CC1CC1. The first-order chi connectivity index (χ1) is 6.38. The molecule has 0 aromatic carbocycles. The van der Waals surface area contributed by atoms with E-state index in [0.717, 1.165) is 12.3 Å². The van der Waals surface area contributed by atoms with Gasteiger partial charge in [-0.2, -0.15) is 0 Å². The van der Waals surface area contributed by atoms with Gasteiger partial charge in [-0.25, -0.2) is 0 Å². The van der Waals surface area contributed by atoms with Crippen LogP contribution in [-0.2, 0) is 6.42 Å². The normalized spacial score (nSPS) is 18.8. The molecule has 1 aromatic rings. The molecule has 3 heteroatoms. The average Bonchev–Trinajstić information content (AvgIpc) is 2.80. The van der Waals surface area contributed by atoms with Gasteiger partial charge in [0.05, 0.1) is 12.5 Å². The lowest BCUT2D eigenvalue weighted by Gasteiger charge is -2.13. The van der Waals surface area contributed by atoms with Gasteiger partial charge in [0.25, 0.3) is 0 Å². The second-order valence-electron chi connectivity index (χ2n) is 3.88. The first-order valence-corrected chi connectivity index (χ1v) is 4.85. The second kappa shape index (κ2) is 3.94. The van der Waals surface area contributed by atoms with Crippen LogP contribution in [0.5, 0.6) is 0 Å². The molecule has 2 rings (SSSR count). The summed E-state index contributed by atoms with van der Waals surface area (Å²) < 4.78 is 5.01. The molecule has 0 aliphatic heterocycles. The van der Waals surface area contributed by atoms with E-state index in [0.29, 0.717) is 6.04 Å². The molecule has 0 spiro atoms. The minimum atomic E-state index is 0.408. The number of hydrogen-bond donors (Lipinski definition) is 2. The van der Waals surface area contributed by atoms with Crippen LogP contribution in [0.2, 0.25) is 0 Å². The topological polar surface area (TPSA) is 51.2 Å². The van der Waals surface area contributed by atoms with Crippen LogP contribution in [0.1, 0.15) is 24.8 Å². The molecular formula is C10H16N2O. The third-order valence-electron chi connectivity index (χ3n) is 2.61. The van der Waals surface area contributed by atoms with E-state index in [4.69, 9.17) is 10.3 Å². The van der Waals surface area contributed by atoms with Crippen LogP contribution in [0.15, 0.2) is 23.0 Å². The molecule has 1 aromatic heterocycles. The standard InChI is InChI=1S/C10H16N2O/c11-12-10(5-8-1-2-8)6-9-3-4-13-7-9/h3-4,7-8,10,12H,1-2,5-6,11H2. The zero-order valence-corrected chi connectivity index (χ0v) is 7.70. The van der Waals surface area contributed by atoms with E-state index in [1.54, 1.807) is 12.5 Å². The predicted octanol–water partition coefficient (Wildman–Crippen LogP) is 1.45. The van der Waals surface area contributed by atoms with Crippen molar-refractivity contribution in [2.75, 3.05) is 0 Å². The number of hydrazine groups is 1. The Bertz CT molecular complexity index is 241. The lowest BCUT2D eigenvalue weighted by molar-refractivity contribution is 0.463. The Balaban J connectivity index is 1.82. The first-order valence-electron chi connectivity index (χ1n) is 4.85. The largest absolute Gasteiger partial charge is 0.472 e. The zero-order chi connectivity index (χ0) is 9.10. The Morgan fingerprint density at radius 1 is 1.62 bits per heavy atom. The van der Waals surface area contributed by atoms with E-state index in [1.807, 2.05) is 6.07 Å². The summed E-state index contributed by atoms with van der Waals surface area (Å²) in [6.45, 7) is 0. The Hall–Kier alpha value is -0.800. The van der Waals surface area contributed by atoms with Crippen molar-refractivity contribution >= 4 is 0 Å². The lowest BCUT2D eigenvalue weighted by Crippen LogP contribution is -2.37. The number of nitrogens with two attached hydrogens (primary N) is 1. The van der Waals surface area contributed by atoms with Crippen LogP contribution in [0.4, 0.5) is 0 Å². The van der Waals surface area contributed by atoms with Crippen molar-refractivity contribution in [3.05, 3.63) is 24.2 Å². The van der Waals surface area contributed by atoms with Crippen molar-refractivity contribution in [3.8, 4) is 0 Å². The molecule has 1 aliphatic rings. The number of hydrogen-bond acceptors (Lipinski definition) is 3. The summed E-state index contributed by atoms with van der Waals surface area (Å²) in [5, 5.41) is 0. The Morgan fingerprint density at radius 2 is 2.46 bits per heavy atom. The molecule has 1 aliphatic carbocycles. The first kappa shape index (κ1) is 8.78. The fourth-order valence-electron chi connectivity index (χ4n) is 1.66. The summed E-state index contributed by atoms with van der Waals surface area (Å²) in [4.78, 5) is 0. The molecule has 3 nitrogen and oxygen atoms in total. The van der Waals surface area contributed by atoms with Gasteiger partial charge in [-0.3, -0.25) is 11.3 Å². The van der Waals surface area contributed by atoms with Crippen molar-refractivity contribution < 1.29 is 4.42 Å². The molecule has 1 unspecified atom stereocenters. The second-order valence-corrected chi connectivity index (χ2v) is 3.88. The van der Waals surface area contributed by atoms with E-state index in [1.165, 1.54) is 24.8 Å². The van der Waals surface area contributed by atoms with E-state index < -0.39 is 0 Å². The highest BCUT2D eigenvalue weighted by Gasteiger charge is 2.25. The van der Waals surface area contributed by atoms with Gasteiger partial charge in [-0.1, -0.05) is 12.8 Å².